The number of amides is 2. The van der Waals surface area contributed by atoms with Gasteiger partial charge in [0.2, 0.25) is 11.8 Å². The van der Waals surface area contributed by atoms with Crippen LogP contribution in [0.25, 0.3) is 0 Å². The molecular formula is C24H31F2N3O2. The number of carbonyl (C=O) groups excluding carboxylic acids is 2. The maximum absolute atomic E-state index is 14.3. The number of alkyl halides is 2. The van der Waals surface area contributed by atoms with E-state index in [-0.39, 0.29) is 30.3 Å². The van der Waals surface area contributed by atoms with Gasteiger partial charge in [-0.3, -0.25) is 14.5 Å². The van der Waals surface area contributed by atoms with Crippen molar-refractivity contribution >= 4 is 11.8 Å². The minimum absolute atomic E-state index is 0.124. The van der Waals surface area contributed by atoms with Crippen molar-refractivity contribution in [2.45, 2.75) is 56.5 Å². The van der Waals surface area contributed by atoms with Crippen molar-refractivity contribution in [3.8, 4) is 0 Å². The van der Waals surface area contributed by atoms with Gasteiger partial charge in [0.15, 0.2) is 0 Å². The van der Waals surface area contributed by atoms with E-state index in [0.29, 0.717) is 32.1 Å². The summed E-state index contributed by atoms with van der Waals surface area (Å²) >= 11 is 0. The summed E-state index contributed by atoms with van der Waals surface area (Å²) in [4.78, 5) is 30.7. The fourth-order valence-corrected chi connectivity index (χ4v) is 5.40. The van der Waals surface area contributed by atoms with E-state index in [1.807, 2.05) is 18.2 Å². The molecule has 7 heteroatoms. The largest absolute Gasteiger partial charge is 0.341 e. The Morgan fingerprint density at radius 3 is 2.26 bits per heavy atom. The number of benzene rings is 1. The second kappa shape index (κ2) is 8.15. The van der Waals surface area contributed by atoms with E-state index in [4.69, 9.17) is 0 Å². The zero-order chi connectivity index (χ0) is 21.6. The minimum Gasteiger partial charge on any atom is -0.341 e. The van der Waals surface area contributed by atoms with Crippen molar-refractivity contribution in [2.75, 3.05) is 32.7 Å². The highest BCUT2D eigenvalue weighted by Crippen LogP contribution is 2.38. The van der Waals surface area contributed by atoms with Gasteiger partial charge in [-0.15, -0.1) is 0 Å². The maximum atomic E-state index is 14.3. The number of carbonyl (C=O) groups is 2. The second-order valence-corrected chi connectivity index (χ2v) is 9.88. The van der Waals surface area contributed by atoms with E-state index in [2.05, 4.69) is 12.1 Å². The third kappa shape index (κ3) is 4.47. The number of nitrogens with zero attached hydrogens (tertiary/aromatic N) is 3. The number of piperidine rings is 1. The van der Waals surface area contributed by atoms with E-state index in [1.165, 1.54) is 5.56 Å². The normalized spacial score (nSPS) is 27.4. The Labute approximate surface area is 182 Å². The van der Waals surface area contributed by atoms with Gasteiger partial charge in [0.25, 0.3) is 5.92 Å². The fourth-order valence-electron chi connectivity index (χ4n) is 5.40. The van der Waals surface area contributed by atoms with Crippen LogP contribution in [0.3, 0.4) is 0 Å². The first-order chi connectivity index (χ1) is 14.9. The van der Waals surface area contributed by atoms with Gasteiger partial charge in [-0.1, -0.05) is 30.3 Å². The number of rotatable bonds is 5. The third-order valence-corrected chi connectivity index (χ3v) is 7.45. The lowest BCUT2D eigenvalue weighted by atomic mass is 9.90. The molecule has 0 radical (unpaired) electrons. The first-order valence-corrected chi connectivity index (χ1v) is 11.6. The van der Waals surface area contributed by atoms with Gasteiger partial charge in [-0.25, -0.2) is 8.78 Å². The average Bonchev–Trinajstić information content (AvgIpc) is 3.52. The number of hydrogen-bond donors (Lipinski definition) is 0. The van der Waals surface area contributed by atoms with Crippen molar-refractivity contribution in [1.29, 1.82) is 0 Å². The van der Waals surface area contributed by atoms with Crippen molar-refractivity contribution in [3.63, 3.8) is 0 Å². The Morgan fingerprint density at radius 2 is 1.61 bits per heavy atom. The topological polar surface area (TPSA) is 43.9 Å². The molecule has 4 aliphatic rings. The molecule has 4 fully saturated rings. The minimum atomic E-state index is -2.84. The van der Waals surface area contributed by atoms with E-state index in [0.717, 1.165) is 32.1 Å². The molecule has 3 aliphatic heterocycles. The molecule has 1 aromatic carbocycles. The van der Waals surface area contributed by atoms with Crippen LogP contribution in [-0.2, 0) is 16.0 Å². The Balaban J connectivity index is 1.16. The molecule has 2 amide bonds. The molecule has 1 aromatic rings. The molecule has 0 aromatic heterocycles. The predicted octanol–water partition coefficient (Wildman–Crippen LogP) is 2.80. The van der Waals surface area contributed by atoms with Crippen LogP contribution in [0.1, 0.15) is 37.7 Å². The summed E-state index contributed by atoms with van der Waals surface area (Å²) in [7, 11) is 0. The quantitative estimate of drug-likeness (QED) is 0.720. The second-order valence-electron chi connectivity index (χ2n) is 9.88. The monoisotopic (exact) mass is 431 g/mol. The summed E-state index contributed by atoms with van der Waals surface area (Å²) in [5.41, 5.74) is 1.31. The highest BCUT2D eigenvalue weighted by atomic mass is 19.3. The van der Waals surface area contributed by atoms with E-state index < -0.39 is 18.4 Å². The van der Waals surface area contributed by atoms with E-state index >= 15 is 0 Å². The maximum Gasteiger partial charge on any atom is 0.262 e. The average molecular weight is 432 g/mol. The fraction of sp³-hybridized carbons (Fsp3) is 0.667. The van der Waals surface area contributed by atoms with Crippen molar-refractivity contribution < 1.29 is 18.4 Å². The lowest BCUT2D eigenvalue weighted by molar-refractivity contribution is -0.144. The van der Waals surface area contributed by atoms with Crippen molar-refractivity contribution in [2.24, 2.45) is 11.8 Å². The first kappa shape index (κ1) is 20.9. The highest BCUT2D eigenvalue weighted by molar-refractivity contribution is 5.83. The molecule has 1 aliphatic carbocycles. The summed E-state index contributed by atoms with van der Waals surface area (Å²) in [6, 6.07) is 9.48. The Kier molecular flexibility index (Phi) is 5.49. The molecule has 5 nitrogen and oxygen atoms in total. The number of hydrogen-bond acceptors (Lipinski definition) is 3. The lowest BCUT2D eigenvalue weighted by Gasteiger charge is -2.46. The third-order valence-electron chi connectivity index (χ3n) is 7.45. The van der Waals surface area contributed by atoms with Gasteiger partial charge in [0.1, 0.15) is 0 Å². The molecule has 0 bridgehead atoms. The van der Waals surface area contributed by atoms with Crippen molar-refractivity contribution in [1.82, 2.24) is 14.7 Å². The number of likely N-dealkylation sites (tertiary alicyclic amines) is 3. The smallest absolute Gasteiger partial charge is 0.262 e. The van der Waals surface area contributed by atoms with E-state index in [1.54, 1.807) is 14.7 Å². The van der Waals surface area contributed by atoms with Gasteiger partial charge in [-0.05, 0) is 43.6 Å². The van der Waals surface area contributed by atoms with Gasteiger partial charge < -0.3 is 9.80 Å². The van der Waals surface area contributed by atoms with Gasteiger partial charge in [0, 0.05) is 44.6 Å². The van der Waals surface area contributed by atoms with Gasteiger partial charge in [0.05, 0.1) is 12.6 Å². The van der Waals surface area contributed by atoms with Gasteiger partial charge in [-0.2, -0.15) is 0 Å². The van der Waals surface area contributed by atoms with Crippen LogP contribution >= 0.6 is 0 Å². The Morgan fingerprint density at radius 1 is 0.935 bits per heavy atom. The molecule has 0 N–H and O–H groups in total. The van der Waals surface area contributed by atoms with Crippen LogP contribution in [0.4, 0.5) is 8.78 Å². The molecule has 0 unspecified atom stereocenters. The summed E-state index contributed by atoms with van der Waals surface area (Å²) in [6.07, 6.45) is 4.33. The molecule has 3 heterocycles. The van der Waals surface area contributed by atoms with Crippen LogP contribution in [0.15, 0.2) is 30.3 Å². The first-order valence-electron chi connectivity index (χ1n) is 11.6. The summed E-state index contributed by atoms with van der Waals surface area (Å²) in [5.74, 6) is -2.16. The zero-order valence-electron chi connectivity index (χ0n) is 17.9. The molecule has 3 saturated heterocycles. The number of halogens is 2. The Bertz CT molecular complexity index is 815. The summed E-state index contributed by atoms with van der Waals surface area (Å²) in [6.45, 7) is 1.87. The van der Waals surface area contributed by atoms with E-state index in [9.17, 15) is 18.4 Å². The van der Waals surface area contributed by atoms with Crippen LogP contribution in [0.5, 0.6) is 0 Å². The molecule has 1 atom stereocenters. The SMILES string of the molecule is O=C(C1CC1)N1CC(N2CC(F)(F)C[C@H]2C(=O)N2CCC(Cc3ccccc3)CC2)C1. The molecule has 31 heavy (non-hydrogen) atoms. The van der Waals surface area contributed by atoms with Crippen molar-refractivity contribution in [3.05, 3.63) is 35.9 Å². The lowest BCUT2D eigenvalue weighted by Crippen LogP contribution is -2.64. The van der Waals surface area contributed by atoms with Crippen LogP contribution in [0, 0.1) is 11.8 Å². The highest BCUT2D eigenvalue weighted by Gasteiger charge is 2.54. The summed E-state index contributed by atoms with van der Waals surface area (Å²) in [5, 5.41) is 0. The molecule has 0 spiro atoms. The molecule has 5 rings (SSSR count). The predicted molar refractivity (Wildman–Crippen MR) is 113 cm³/mol. The Hall–Kier alpha value is -2.02. The summed E-state index contributed by atoms with van der Waals surface area (Å²) < 4.78 is 28.6. The molecule has 1 saturated carbocycles. The standard InChI is InChI=1S/C24H31F2N3O2/c25-24(26)13-21(29(16-24)20-14-28(15-20)22(30)19-6-7-19)23(31)27-10-8-18(9-11-27)12-17-4-2-1-3-5-17/h1-5,18-21H,6-16H2/t21-/m0/s1. The van der Waals surface area contributed by atoms with Crippen LogP contribution < -0.4 is 0 Å². The molecule has 168 valence electrons. The van der Waals surface area contributed by atoms with Crippen LogP contribution in [0.2, 0.25) is 0 Å². The molecular weight excluding hydrogens is 400 g/mol. The van der Waals surface area contributed by atoms with Gasteiger partial charge >= 0.3 is 0 Å². The zero-order valence-corrected chi connectivity index (χ0v) is 17.9. The van der Waals surface area contributed by atoms with Crippen LogP contribution in [-0.4, -0.2) is 77.2 Å².